The smallest absolute Gasteiger partial charge is 0.260 e. The summed E-state index contributed by atoms with van der Waals surface area (Å²) in [6.07, 6.45) is 5.76. The van der Waals surface area contributed by atoms with Gasteiger partial charge in [-0.05, 0) is 88.8 Å². The molecular weight excluding hydrogens is 544 g/mol. The predicted octanol–water partition coefficient (Wildman–Crippen LogP) is 3.72. The van der Waals surface area contributed by atoms with Crippen LogP contribution in [0.1, 0.15) is 57.1 Å². The van der Waals surface area contributed by atoms with E-state index in [0.29, 0.717) is 36.4 Å². The molecule has 3 atom stereocenters. The van der Waals surface area contributed by atoms with E-state index >= 15 is 0 Å². The van der Waals surface area contributed by atoms with E-state index < -0.39 is 15.9 Å². The lowest BCUT2D eigenvalue weighted by Crippen LogP contribution is -2.49. The third-order valence-corrected chi connectivity index (χ3v) is 9.70. The van der Waals surface area contributed by atoms with Crippen molar-refractivity contribution in [1.29, 1.82) is 0 Å². The highest BCUT2D eigenvalue weighted by atomic mass is 32.2. The summed E-state index contributed by atoms with van der Waals surface area (Å²) in [4.78, 5) is 27.8. The molecule has 0 aliphatic carbocycles. The van der Waals surface area contributed by atoms with Gasteiger partial charge in [-0.3, -0.25) is 9.59 Å². The summed E-state index contributed by atoms with van der Waals surface area (Å²) in [7, 11) is -2.16. The van der Waals surface area contributed by atoms with Gasteiger partial charge in [0.15, 0.2) is 18.1 Å². The molecule has 2 amide bonds. The number of hydrogen-bond donors (Lipinski definition) is 1. The van der Waals surface area contributed by atoms with Gasteiger partial charge < -0.3 is 14.4 Å². The molecule has 41 heavy (non-hydrogen) atoms. The second kappa shape index (κ2) is 13.5. The Hall–Kier alpha value is -3.44. The maximum absolute atomic E-state index is 13.1. The molecule has 0 unspecified atom stereocenters. The largest absolute Gasteiger partial charge is 0.493 e. The Labute approximate surface area is 242 Å². The minimum absolute atomic E-state index is 0.0481. The van der Waals surface area contributed by atoms with E-state index in [4.69, 9.17) is 9.47 Å². The summed E-state index contributed by atoms with van der Waals surface area (Å²) in [5.41, 5.74) is 4.18. The van der Waals surface area contributed by atoms with Crippen LogP contribution in [0, 0.1) is 12.8 Å². The first-order valence-corrected chi connectivity index (χ1v) is 15.6. The number of amides is 2. The maximum atomic E-state index is 13.1. The lowest BCUT2D eigenvalue weighted by Gasteiger charge is -2.39. The summed E-state index contributed by atoms with van der Waals surface area (Å²) >= 11 is 0. The zero-order valence-electron chi connectivity index (χ0n) is 24.2. The average Bonchev–Trinajstić information content (AvgIpc) is 2.96. The molecule has 2 saturated heterocycles. The van der Waals surface area contributed by atoms with Gasteiger partial charge in [0, 0.05) is 25.2 Å². The molecule has 2 fully saturated rings. The Morgan fingerprint density at radius 3 is 2.41 bits per heavy atom. The summed E-state index contributed by atoms with van der Waals surface area (Å²) < 4.78 is 38.8. The standard InChI is InChI=1S/C30H40N4O6S/c1-21-10-13-26(14-11-21)41(37,38)33-16-6-9-25(19-33)30(36)32-31-18-24-12-15-27(28(17-24)39-4)40-20-29(35)34-22(2)7-5-8-23(34)3/h10-15,17-18,22-23,25H,5-9,16,19-20H2,1-4H3,(H,32,36)/b31-18-/t22-,23-,25-/m1/s1. The van der Waals surface area contributed by atoms with Gasteiger partial charge in [0.1, 0.15) is 0 Å². The van der Waals surface area contributed by atoms with Crippen molar-refractivity contribution in [2.24, 2.45) is 11.0 Å². The number of benzene rings is 2. The van der Waals surface area contributed by atoms with Crippen LogP contribution in [0.3, 0.4) is 0 Å². The number of methoxy groups -OCH3 is 1. The van der Waals surface area contributed by atoms with Crippen LogP contribution in [-0.2, 0) is 19.6 Å². The molecule has 2 aromatic rings. The first kappa shape index (κ1) is 30.5. The van der Waals surface area contributed by atoms with Crippen molar-refractivity contribution in [3.8, 4) is 11.5 Å². The quantitative estimate of drug-likeness (QED) is 0.355. The number of hydrogen-bond acceptors (Lipinski definition) is 7. The third-order valence-electron chi connectivity index (χ3n) is 7.82. The summed E-state index contributed by atoms with van der Waals surface area (Å²) in [5.74, 6) is -0.00694. The molecule has 0 spiro atoms. The molecule has 0 radical (unpaired) electrons. The molecule has 2 aliphatic heterocycles. The Bertz CT molecular complexity index is 1350. The highest BCUT2D eigenvalue weighted by Crippen LogP contribution is 2.29. The molecule has 0 saturated carbocycles. The van der Waals surface area contributed by atoms with Gasteiger partial charge in [-0.25, -0.2) is 13.8 Å². The van der Waals surface area contributed by atoms with E-state index in [1.54, 1.807) is 42.5 Å². The summed E-state index contributed by atoms with van der Waals surface area (Å²) in [6.45, 7) is 6.44. The van der Waals surface area contributed by atoms with Crippen LogP contribution in [0.25, 0.3) is 0 Å². The van der Waals surface area contributed by atoms with Crippen molar-refractivity contribution in [3.05, 3.63) is 53.6 Å². The van der Waals surface area contributed by atoms with Gasteiger partial charge in [-0.1, -0.05) is 17.7 Å². The van der Waals surface area contributed by atoms with Crippen LogP contribution in [0.15, 0.2) is 52.5 Å². The molecule has 10 nitrogen and oxygen atoms in total. The lowest BCUT2D eigenvalue weighted by molar-refractivity contribution is -0.139. The van der Waals surface area contributed by atoms with Gasteiger partial charge in [0.2, 0.25) is 15.9 Å². The van der Waals surface area contributed by atoms with Crippen LogP contribution >= 0.6 is 0 Å². The number of sulfonamides is 1. The SMILES string of the molecule is COc1cc(/C=N\NC(=O)[C@@H]2CCCN(S(=O)(=O)c3ccc(C)cc3)C2)ccc1OCC(=O)N1[C@H](C)CCC[C@H]1C. The number of piperidine rings is 2. The molecular formula is C30H40N4O6S. The van der Waals surface area contributed by atoms with Crippen molar-refractivity contribution in [3.63, 3.8) is 0 Å². The monoisotopic (exact) mass is 584 g/mol. The Morgan fingerprint density at radius 2 is 1.73 bits per heavy atom. The maximum Gasteiger partial charge on any atom is 0.260 e. The number of ether oxygens (including phenoxy) is 2. The molecule has 4 rings (SSSR count). The predicted molar refractivity (Wildman–Crippen MR) is 157 cm³/mol. The number of aryl methyl sites for hydroxylation is 1. The van der Waals surface area contributed by atoms with Crippen LogP contribution < -0.4 is 14.9 Å². The normalized spacial score (nSPS) is 22.0. The Kier molecular flexibility index (Phi) is 10.0. The molecule has 222 valence electrons. The van der Waals surface area contributed by atoms with Crippen LogP contribution in [0.5, 0.6) is 11.5 Å². The van der Waals surface area contributed by atoms with Crippen LogP contribution in [-0.4, -0.2) is 74.5 Å². The zero-order chi connectivity index (χ0) is 29.6. The number of nitrogens with one attached hydrogen (secondary N) is 1. The minimum Gasteiger partial charge on any atom is -0.493 e. The molecule has 2 aliphatic rings. The fraction of sp³-hybridized carbons (Fsp3) is 0.500. The van der Waals surface area contributed by atoms with Crippen molar-refractivity contribution in [1.82, 2.24) is 14.6 Å². The third kappa shape index (κ3) is 7.45. The van der Waals surface area contributed by atoms with Gasteiger partial charge in [-0.15, -0.1) is 0 Å². The van der Waals surface area contributed by atoms with Crippen LogP contribution in [0.4, 0.5) is 0 Å². The number of rotatable bonds is 9. The molecule has 0 aromatic heterocycles. The zero-order valence-corrected chi connectivity index (χ0v) is 25.0. The summed E-state index contributed by atoms with van der Waals surface area (Å²) in [6, 6.07) is 12.3. The van der Waals surface area contributed by atoms with Crippen molar-refractivity contribution in [2.75, 3.05) is 26.8 Å². The average molecular weight is 585 g/mol. The van der Waals surface area contributed by atoms with Gasteiger partial charge >= 0.3 is 0 Å². The van der Waals surface area contributed by atoms with Gasteiger partial charge in [0.25, 0.3) is 5.91 Å². The molecule has 2 aromatic carbocycles. The van der Waals surface area contributed by atoms with E-state index in [9.17, 15) is 18.0 Å². The van der Waals surface area contributed by atoms with Crippen molar-refractivity contribution < 1.29 is 27.5 Å². The van der Waals surface area contributed by atoms with Crippen molar-refractivity contribution in [2.45, 2.75) is 69.9 Å². The Morgan fingerprint density at radius 1 is 1.02 bits per heavy atom. The molecule has 2 heterocycles. The highest BCUT2D eigenvalue weighted by Gasteiger charge is 2.33. The molecule has 0 bridgehead atoms. The summed E-state index contributed by atoms with van der Waals surface area (Å²) in [5, 5.41) is 4.08. The molecule has 1 N–H and O–H groups in total. The Balaban J connectivity index is 1.32. The van der Waals surface area contributed by atoms with Gasteiger partial charge in [0.05, 0.1) is 24.1 Å². The highest BCUT2D eigenvalue weighted by molar-refractivity contribution is 7.89. The van der Waals surface area contributed by atoms with Crippen molar-refractivity contribution >= 4 is 28.1 Å². The van der Waals surface area contributed by atoms with E-state index in [0.717, 1.165) is 24.8 Å². The minimum atomic E-state index is -3.68. The van der Waals surface area contributed by atoms with E-state index in [2.05, 4.69) is 24.4 Å². The second-order valence-corrected chi connectivity index (χ2v) is 12.8. The number of likely N-dealkylation sites (tertiary alicyclic amines) is 1. The fourth-order valence-electron chi connectivity index (χ4n) is 5.51. The van der Waals surface area contributed by atoms with E-state index in [1.165, 1.54) is 17.6 Å². The number of nitrogens with zero attached hydrogens (tertiary/aromatic N) is 3. The number of carbonyl (C=O) groups is 2. The van der Waals surface area contributed by atoms with Crippen LogP contribution in [0.2, 0.25) is 0 Å². The van der Waals surface area contributed by atoms with Gasteiger partial charge in [-0.2, -0.15) is 9.41 Å². The lowest BCUT2D eigenvalue weighted by atomic mass is 9.97. The number of carbonyl (C=O) groups excluding carboxylic acids is 2. The van der Waals surface area contributed by atoms with E-state index in [-0.39, 0.29) is 41.9 Å². The van der Waals surface area contributed by atoms with E-state index in [1.807, 2.05) is 11.8 Å². The topological polar surface area (TPSA) is 118 Å². The molecule has 11 heteroatoms. The number of hydrazone groups is 1. The first-order valence-electron chi connectivity index (χ1n) is 14.1. The first-order chi connectivity index (χ1) is 19.6. The fourth-order valence-corrected chi connectivity index (χ4v) is 7.03. The second-order valence-electron chi connectivity index (χ2n) is 10.9.